The first-order valence-corrected chi connectivity index (χ1v) is 16.5. The predicted octanol–water partition coefficient (Wildman–Crippen LogP) is 8.45. The molecule has 2 aromatic rings. The molecule has 2 aromatic carbocycles. The molecule has 250 valence electrons. The standard InChI is InChI=1S/C39H46O8/c1-7-45-37(44)38-19-18-30(24(4)5)39(22-38)34-32(46-38)17-16-31(41)33(34)29-21-28(40)20-27(35(29)47-39)15-14-26(36(42)43)13-9-12-25(6)11-8-10-23(2)3/h10,12,14,16-17,20-21,30,40-41H,4,7-9,11,13,15,18-19,22H2,1-3,5-6H3,(H,42,43)/b25-12+,26-14-/t30-,38-,39+/m0/s1. The highest BCUT2D eigenvalue weighted by Gasteiger charge is 2.64. The Bertz CT molecular complexity index is 1690. The van der Waals surface area contributed by atoms with E-state index in [1.807, 2.05) is 6.92 Å². The first-order chi connectivity index (χ1) is 22.3. The Morgan fingerprint density at radius 1 is 1.04 bits per heavy atom. The molecule has 3 atom stereocenters. The normalized spacial score (nSPS) is 22.6. The minimum atomic E-state index is -1.29. The van der Waals surface area contributed by atoms with Crippen molar-refractivity contribution in [2.75, 3.05) is 6.61 Å². The fraction of sp³-hybridized carbons (Fsp3) is 0.436. The van der Waals surface area contributed by atoms with E-state index in [0.717, 1.165) is 18.4 Å². The number of aromatic hydroxyl groups is 2. The van der Waals surface area contributed by atoms with Crippen LogP contribution in [0.3, 0.4) is 0 Å². The van der Waals surface area contributed by atoms with E-state index in [4.69, 9.17) is 14.2 Å². The lowest BCUT2D eigenvalue weighted by Crippen LogP contribution is -2.62. The summed E-state index contributed by atoms with van der Waals surface area (Å²) >= 11 is 0. The van der Waals surface area contributed by atoms with Crippen LogP contribution in [0.1, 0.15) is 90.7 Å². The van der Waals surface area contributed by atoms with Crippen molar-refractivity contribution >= 4 is 11.9 Å². The van der Waals surface area contributed by atoms with Crippen LogP contribution in [-0.2, 0) is 26.3 Å². The van der Waals surface area contributed by atoms with Crippen molar-refractivity contribution in [2.45, 2.75) is 97.2 Å². The Balaban J connectivity index is 1.56. The molecule has 47 heavy (non-hydrogen) atoms. The Morgan fingerprint density at radius 2 is 1.79 bits per heavy atom. The maximum Gasteiger partial charge on any atom is 0.350 e. The van der Waals surface area contributed by atoms with E-state index in [2.05, 4.69) is 39.5 Å². The Morgan fingerprint density at radius 3 is 2.47 bits per heavy atom. The molecular formula is C39H46O8. The van der Waals surface area contributed by atoms with Gasteiger partial charge < -0.3 is 29.5 Å². The molecule has 0 amide bonds. The number of hydrogen-bond acceptors (Lipinski definition) is 7. The van der Waals surface area contributed by atoms with Crippen molar-refractivity contribution in [2.24, 2.45) is 5.92 Å². The minimum Gasteiger partial charge on any atom is -0.508 e. The second-order valence-corrected chi connectivity index (χ2v) is 13.4. The highest BCUT2D eigenvalue weighted by atomic mass is 16.6. The molecule has 1 saturated carbocycles. The molecule has 1 fully saturated rings. The first kappa shape index (κ1) is 33.9. The van der Waals surface area contributed by atoms with Crippen LogP contribution in [0, 0.1) is 5.92 Å². The summed E-state index contributed by atoms with van der Waals surface area (Å²) in [7, 11) is 0. The van der Waals surface area contributed by atoms with Crippen LogP contribution in [0.5, 0.6) is 23.0 Å². The molecule has 2 aliphatic heterocycles. The lowest BCUT2D eigenvalue weighted by atomic mass is 9.60. The van der Waals surface area contributed by atoms with Gasteiger partial charge in [-0.25, -0.2) is 9.59 Å². The molecule has 3 aliphatic rings. The zero-order valence-electron chi connectivity index (χ0n) is 28.1. The van der Waals surface area contributed by atoms with E-state index >= 15 is 0 Å². The number of carboxylic acids is 1. The Labute approximate surface area is 277 Å². The third-order valence-corrected chi connectivity index (χ3v) is 9.61. The molecular weight excluding hydrogens is 596 g/mol. The molecule has 2 bridgehead atoms. The molecule has 1 aliphatic carbocycles. The molecule has 0 unspecified atom stereocenters. The summed E-state index contributed by atoms with van der Waals surface area (Å²) in [6.07, 6.45) is 10.0. The van der Waals surface area contributed by atoms with E-state index in [1.165, 1.54) is 23.3 Å². The van der Waals surface area contributed by atoms with Crippen LogP contribution in [-0.4, -0.2) is 39.5 Å². The monoisotopic (exact) mass is 642 g/mol. The van der Waals surface area contributed by atoms with E-state index in [9.17, 15) is 24.9 Å². The number of benzene rings is 2. The van der Waals surface area contributed by atoms with E-state index in [1.54, 1.807) is 25.1 Å². The van der Waals surface area contributed by atoms with Crippen molar-refractivity contribution in [1.29, 1.82) is 0 Å². The molecule has 3 N–H and O–H groups in total. The lowest BCUT2D eigenvalue weighted by Gasteiger charge is -2.56. The maximum atomic E-state index is 13.5. The molecule has 8 nitrogen and oxygen atoms in total. The summed E-state index contributed by atoms with van der Waals surface area (Å²) in [5.41, 5.74) is 3.33. The number of ether oxygens (including phenoxy) is 3. The van der Waals surface area contributed by atoms with Gasteiger partial charge in [0.1, 0.15) is 28.6 Å². The molecule has 2 heterocycles. The van der Waals surface area contributed by atoms with Crippen molar-refractivity contribution in [1.82, 2.24) is 0 Å². The summed E-state index contributed by atoms with van der Waals surface area (Å²) in [5, 5.41) is 32.3. The van der Waals surface area contributed by atoms with Crippen LogP contribution in [0.2, 0.25) is 0 Å². The molecule has 1 spiro atoms. The topological polar surface area (TPSA) is 123 Å². The molecule has 5 rings (SSSR count). The lowest BCUT2D eigenvalue weighted by molar-refractivity contribution is -0.183. The number of allylic oxidation sites excluding steroid dienone is 5. The molecule has 8 heteroatoms. The summed E-state index contributed by atoms with van der Waals surface area (Å²) in [6, 6.07) is 6.28. The smallest absolute Gasteiger partial charge is 0.350 e. The van der Waals surface area contributed by atoms with E-state index in [-0.39, 0.29) is 42.4 Å². The van der Waals surface area contributed by atoms with Gasteiger partial charge in [0.15, 0.2) is 0 Å². The summed E-state index contributed by atoms with van der Waals surface area (Å²) in [4.78, 5) is 25.8. The highest BCUT2D eigenvalue weighted by Crippen LogP contribution is 2.65. The zero-order chi connectivity index (χ0) is 34.1. The van der Waals surface area contributed by atoms with Crippen molar-refractivity contribution in [3.05, 3.63) is 82.5 Å². The van der Waals surface area contributed by atoms with Gasteiger partial charge in [0, 0.05) is 40.2 Å². The van der Waals surface area contributed by atoms with Gasteiger partial charge in [-0.05, 0) is 104 Å². The average Bonchev–Trinajstić information content (AvgIpc) is 2.99. The number of carbonyl (C=O) groups excluding carboxylic acids is 1. The van der Waals surface area contributed by atoms with Gasteiger partial charge in [-0.2, -0.15) is 0 Å². The number of phenols is 2. The second-order valence-electron chi connectivity index (χ2n) is 13.4. The van der Waals surface area contributed by atoms with Gasteiger partial charge in [-0.3, -0.25) is 0 Å². The van der Waals surface area contributed by atoms with E-state index in [0.29, 0.717) is 59.4 Å². The number of carboxylic acid groups (broad SMARTS) is 1. The van der Waals surface area contributed by atoms with Crippen LogP contribution in [0.25, 0.3) is 11.1 Å². The van der Waals surface area contributed by atoms with Crippen molar-refractivity contribution < 1.29 is 39.1 Å². The summed E-state index contributed by atoms with van der Waals surface area (Å²) < 4.78 is 19.0. The fourth-order valence-electron chi connectivity index (χ4n) is 7.44. The van der Waals surface area contributed by atoms with E-state index < -0.39 is 23.1 Å². The average molecular weight is 643 g/mol. The summed E-state index contributed by atoms with van der Waals surface area (Å²) in [5.74, 6) is -0.915. The van der Waals surface area contributed by atoms with Gasteiger partial charge in [0.2, 0.25) is 5.60 Å². The Kier molecular flexibility index (Phi) is 9.62. The Hall–Kier alpha value is -4.46. The highest BCUT2D eigenvalue weighted by molar-refractivity contribution is 5.89. The first-order valence-electron chi connectivity index (χ1n) is 16.5. The quantitative estimate of drug-likeness (QED) is 0.120. The van der Waals surface area contributed by atoms with Crippen LogP contribution in [0.15, 0.2) is 71.4 Å². The maximum absolute atomic E-state index is 13.5. The molecule has 0 aromatic heterocycles. The zero-order valence-corrected chi connectivity index (χ0v) is 28.1. The SMILES string of the molecule is C=C(C)[C@@H]1CC[C@@]2(C(=O)OCC)C[C@@]13Oc1c(C/C=C(/CC/C=C(\C)CCC=C(C)C)C(=O)O)cc(O)cc1-c1c(O)ccc(c13)O2. The molecule has 0 radical (unpaired) electrons. The van der Waals surface area contributed by atoms with Gasteiger partial charge in [0.05, 0.1) is 6.61 Å². The number of fused-ring (bicyclic) bond motifs is 3. The number of hydrogen-bond donors (Lipinski definition) is 3. The van der Waals surface area contributed by atoms with Crippen LogP contribution < -0.4 is 9.47 Å². The number of carbonyl (C=O) groups is 2. The van der Waals surface area contributed by atoms with Crippen LogP contribution >= 0.6 is 0 Å². The number of esters is 1. The largest absolute Gasteiger partial charge is 0.508 e. The second kappa shape index (κ2) is 13.3. The van der Waals surface area contributed by atoms with Gasteiger partial charge >= 0.3 is 11.9 Å². The number of rotatable bonds is 12. The predicted molar refractivity (Wildman–Crippen MR) is 181 cm³/mol. The number of phenolic OH excluding ortho intramolecular Hbond substituents is 2. The van der Waals surface area contributed by atoms with Gasteiger partial charge in [-0.1, -0.05) is 41.5 Å². The third-order valence-electron chi connectivity index (χ3n) is 9.61. The van der Waals surface area contributed by atoms with Crippen molar-refractivity contribution in [3.8, 4) is 34.1 Å². The number of aliphatic carboxylic acids is 1. The minimum absolute atomic E-state index is 0.0176. The van der Waals surface area contributed by atoms with Crippen molar-refractivity contribution in [3.63, 3.8) is 0 Å². The summed E-state index contributed by atoms with van der Waals surface area (Å²) in [6.45, 7) is 14.4. The molecule has 0 saturated heterocycles. The van der Waals surface area contributed by atoms with Gasteiger partial charge in [-0.15, -0.1) is 0 Å². The third kappa shape index (κ3) is 6.42. The van der Waals surface area contributed by atoms with Crippen LogP contribution in [0.4, 0.5) is 0 Å². The van der Waals surface area contributed by atoms with Gasteiger partial charge in [0.25, 0.3) is 0 Å². The fourth-order valence-corrected chi connectivity index (χ4v) is 7.44.